The van der Waals surface area contributed by atoms with Gasteiger partial charge in [0.25, 0.3) is 0 Å². The Balaban J connectivity index is 1.94. The van der Waals surface area contributed by atoms with Gasteiger partial charge in [-0.3, -0.25) is 4.79 Å². The van der Waals surface area contributed by atoms with Crippen LogP contribution in [0.15, 0.2) is 12.1 Å². The monoisotopic (exact) mass is 489 g/mol. The molecule has 35 heavy (non-hydrogen) atoms. The summed E-state index contributed by atoms with van der Waals surface area (Å²) in [5.74, 6) is 1.14. The average Bonchev–Trinajstić information content (AvgIpc) is 3.42. The second-order valence-electron chi connectivity index (χ2n) is 9.21. The van der Waals surface area contributed by atoms with Crippen molar-refractivity contribution in [3.8, 4) is 11.5 Å². The first-order valence-corrected chi connectivity index (χ1v) is 12.8. The molecular formula is C27H39NO7. The van der Waals surface area contributed by atoms with E-state index in [1.54, 1.807) is 14.0 Å². The Bertz CT molecular complexity index is 991. The van der Waals surface area contributed by atoms with Gasteiger partial charge in [0.05, 0.1) is 31.0 Å². The van der Waals surface area contributed by atoms with Crippen LogP contribution < -0.4 is 9.47 Å². The number of aliphatic carboxylic acids is 1. The van der Waals surface area contributed by atoms with Gasteiger partial charge in [0, 0.05) is 25.5 Å². The van der Waals surface area contributed by atoms with Crippen molar-refractivity contribution in [3.63, 3.8) is 0 Å². The van der Waals surface area contributed by atoms with Crippen LogP contribution in [-0.2, 0) is 27.2 Å². The molecule has 1 aliphatic carbocycles. The third-order valence-corrected chi connectivity index (χ3v) is 6.74. The maximum atomic E-state index is 12.2. The third-order valence-electron chi connectivity index (χ3n) is 6.74. The molecule has 3 rings (SSSR count). The van der Waals surface area contributed by atoms with E-state index in [1.807, 2.05) is 13.0 Å². The summed E-state index contributed by atoms with van der Waals surface area (Å²) in [5.41, 5.74) is 2.85. The van der Waals surface area contributed by atoms with Gasteiger partial charge >= 0.3 is 12.1 Å². The van der Waals surface area contributed by atoms with Gasteiger partial charge in [-0.25, -0.2) is 4.79 Å². The number of carboxylic acids is 1. The van der Waals surface area contributed by atoms with Crippen LogP contribution in [0.4, 0.5) is 4.79 Å². The van der Waals surface area contributed by atoms with Crippen molar-refractivity contribution in [3.05, 3.63) is 23.4 Å². The molecule has 1 aromatic heterocycles. The molecule has 1 saturated carbocycles. The second-order valence-corrected chi connectivity index (χ2v) is 9.21. The number of methoxy groups -OCH3 is 1. The molecule has 0 amide bonds. The molecular weight excluding hydrogens is 450 g/mol. The van der Waals surface area contributed by atoms with E-state index in [9.17, 15) is 9.59 Å². The van der Waals surface area contributed by atoms with Gasteiger partial charge in [-0.1, -0.05) is 32.1 Å². The van der Waals surface area contributed by atoms with Crippen molar-refractivity contribution in [2.75, 3.05) is 26.9 Å². The Labute approximate surface area is 207 Å². The summed E-state index contributed by atoms with van der Waals surface area (Å²) in [6.07, 6.45) is 8.22. The van der Waals surface area contributed by atoms with Crippen LogP contribution in [0.1, 0.15) is 69.5 Å². The zero-order chi connectivity index (χ0) is 25.2. The first-order valence-electron chi connectivity index (χ1n) is 12.8. The van der Waals surface area contributed by atoms with Crippen molar-refractivity contribution < 1.29 is 33.6 Å². The molecule has 1 aromatic carbocycles. The lowest BCUT2D eigenvalue weighted by Crippen LogP contribution is -2.11. The summed E-state index contributed by atoms with van der Waals surface area (Å²) >= 11 is 0. The maximum absolute atomic E-state index is 12.2. The van der Waals surface area contributed by atoms with Crippen molar-refractivity contribution in [2.24, 2.45) is 5.92 Å². The van der Waals surface area contributed by atoms with Crippen LogP contribution >= 0.6 is 0 Å². The molecule has 0 atom stereocenters. The molecule has 0 bridgehead atoms. The molecule has 0 saturated heterocycles. The van der Waals surface area contributed by atoms with E-state index in [0.29, 0.717) is 37.7 Å². The topological polar surface area (TPSA) is 96.2 Å². The van der Waals surface area contributed by atoms with E-state index in [-0.39, 0.29) is 13.0 Å². The highest BCUT2D eigenvalue weighted by Crippen LogP contribution is 2.38. The standard InChI is InChI=1S/C27H39NO7/c1-4-33-27(31)35-26-19(2)28(14-16-32-3)23-17-21(12-7-11-20-9-5-6-10-20)24(18-22(23)26)34-15-8-13-25(29)30/h17-18,20H,4-16H2,1-3H3,(H,29,30). The molecule has 1 fully saturated rings. The third kappa shape index (κ3) is 7.37. The highest BCUT2D eigenvalue weighted by molar-refractivity contribution is 5.92. The van der Waals surface area contributed by atoms with Crippen LogP contribution in [-0.4, -0.2) is 48.7 Å². The van der Waals surface area contributed by atoms with Crippen LogP contribution in [0.3, 0.4) is 0 Å². The highest BCUT2D eigenvalue weighted by Gasteiger charge is 2.22. The van der Waals surface area contributed by atoms with Gasteiger partial charge < -0.3 is 28.6 Å². The minimum absolute atomic E-state index is 0.0585. The minimum atomic E-state index is -0.836. The van der Waals surface area contributed by atoms with Gasteiger partial charge in [-0.2, -0.15) is 0 Å². The average molecular weight is 490 g/mol. The summed E-state index contributed by atoms with van der Waals surface area (Å²) in [5, 5.41) is 9.73. The maximum Gasteiger partial charge on any atom is 0.513 e. The number of aryl methyl sites for hydroxylation is 1. The van der Waals surface area contributed by atoms with Gasteiger partial charge in [0.15, 0.2) is 5.75 Å². The van der Waals surface area contributed by atoms with E-state index in [2.05, 4.69) is 10.6 Å². The number of carbonyl (C=O) groups is 2. The van der Waals surface area contributed by atoms with Crippen LogP contribution in [0.25, 0.3) is 10.9 Å². The van der Waals surface area contributed by atoms with Crippen molar-refractivity contribution in [1.82, 2.24) is 4.57 Å². The molecule has 1 aliphatic rings. The van der Waals surface area contributed by atoms with E-state index >= 15 is 0 Å². The van der Waals surface area contributed by atoms with E-state index in [1.165, 1.54) is 32.1 Å². The fraction of sp³-hybridized carbons (Fsp3) is 0.630. The molecule has 2 aromatic rings. The zero-order valence-electron chi connectivity index (χ0n) is 21.3. The van der Waals surface area contributed by atoms with E-state index < -0.39 is 12.1 Å². The zero-order valence-corrected chi connectivity index (χ0v) is 21.3. The number of ether oxygens (including phenoxy) is 4. The number of hydrogen-bond donors (Lipinski definition) is 1. The fourth-order valence-electron chi connectivity index (χ4n) is 4.96. The molecule has 1 heterocycles. The lowest BCUT2D eigenvalue weighted by atomic mass is 9.97. The summed E-state index contributed by atoms with van der Waals surface area (Å²) in [4.78, 5) is 23.1. The largest absolute Gasteiger partial charge is 0.513 e. The van der Waals surface area contributed by atoms with Crippen molar-refractivity contribution in [2.45, 2.75) is 78.2 Å². The highest BCUT2D eigenvalue weighted by atomic mass is 16.7. The van der Waals surface area contributed by atoms with Gasteiger partial charge in [0.1, 0.15) is 5.75 Å². The predicted octanol–water partition coefficient (Wildman–Crippen LogP) is 5.89. The summed E-state index contributed by atoms with van der Waals surface area (Å²) < 4.78 is 24.1. The van der Waals surface area contributed by atoms with Gasteiger partial charge in [0.2, 0.25) is 0 Å². The van der Waals surface area contributed by atoms with Gasteiger partial charge in [-0.15, -0.1) is 0 Å². The number of carboxylic acid groups (broad SMARTS) is 1. The predicted molar refractivity (Wildman–Crippen MR) is 133 cm³/mol. The Kier molecular flexibility index (Phi) is 10.3. The van der Waals surface area contributed by atoms with Crippen molar-refractivity contribution >= 4 is 23.0 Å². The van der Waals surface area contributed by atoms with E-state index in [4.69, 9.17) is 24.1 Å². The molecule has 194 valence electrons. The Morgan fingerprint density at radius 3 is 2.60 bits per heavy atom. The molecule has 0 spiro atoms. The minimum Gasteiger partial charge on any atom is -0.493 e. The quantitative estimate of drug-likeness (QED) is 0.261. The Morgan fingerprint density at radius 1 is 1.14 bits per heavy atom. The fourth-order valence-corrected chi connectivity index (χ4v) is 4.96. The molecule has 8 nitrogen and oxygen atoms in total. The first kappa shape index (κ1) is 26.9. The first-order chi connectivity index (χ1) is 16.9. The lowest BCUT2D eigenvalue weighted by molar-refractivity contribution is -0.137. The number of fused-ring (bicyclic) bond motifs is 1. The van der Waals surface area contributed by atoms with Crippen LogP contribution in [0.5, 0.6) is 11.5 Å². The van der Waals surface area contributed by atoms with Crippen LogP contribution in [0, 0.1) is 12.8 Å². The smallest absolute Gasteiger partial charge is 0.493 e. The summed E-state index contributed by atoms with van der Waals surface area (Å²) in [7, 11) is 1.66. The normalized spacial score (nSPS) is 13.9. The molecule has 8 heteroatoms. The van der Waals surface area contributed by atoms with Crippen molar-refractivity contribution in [1.29, 1.82) is 0 Å². The van der Waals surface area contributed by atoms with Crippen LogP contribution in [0.2, 0.25) is 0 Å². The SMILES string of the molecule is CCOC(=O)Oc1c(C)n(CCOC)c2cc(CCCC3CCCC3)c(OCCCC(=O)O)cc12. The number of nitrogens with zero attached hydrogens (tertiary/aromatic N) is 1. The summed E-state index contributed by atoms with van der Waals surface area (Å²) in [6.45, 7) is 5.32. The van der Waals surface area contributed by atoms with E-state index in [0.717, 1.165) is 40.9 Å². The number of benzene rings is 1. The molecule has 1 N–H and O–H groups in total. The number of aromatic nitrogens is 1. The number of carbonyl (C=O) groups excluding carboxylic acids is 1. The Morgan fingerprint density at radius 2 is 1.91 bits per heavy atom. The molecule has 0 unspecified atom stereocenters. The number of hydrogen-bond acceptors (Lipinski definition) is 6. The second kappa shape index (κ2) is 13.4. The Hall–Kier alpha value is -2.74. The molecule has 0 aliphatic heterocycles. The summed E-state index contributed by atoms with van der Waals surface area (Å²) in [6, 6.07) is 4.04. The lowest BCUT2D eigenvalue weighted by Gasteiger charge is -2.15. The molecule has 0 radical (unpaired) electrons. The van der Waals surface area contributed by atoms with Gasteiger partial charge in [-0.05, 0) is 56.7 Å². The number of rotatable bonds is 14.